The number of likely N-dealkylation sites (tertiary alicyclic amines) is 1. The van der Waals surface area contributed by atoms with Crippen molar-refractivity contribution in [3.05, 3.63) is 64.5 Å². The minimum atomic E-state index is -4.71. The number of halogens is 4. The lowest BCUT2D eigenvalue weighted by atomic mass is 9.51. The fourth-order valence-corrected chi connectivity index (χ4v) is 5.09. The summed E-state index contributed by atoms with van der Waals surface area (Å²) in [6.45, 7) is 7.63. The molecule has 1 fully saturated rings. The molecule has 210 valence electrons. The number of carbonyl (C=O) groups is 2. The van der Waals surface area contributed by atoms with Gasteiger partial charge in [0.2, 0.25) is 5.91 Å². The Balaban J connectivity index is 1.62. The summed E-state index contributed by atoms with van der Waals surface area (Å²) >= 11 is 0. The van der Waals surface area contributed by atoms with Gasteiger partial charge in [0.15, 0.2) is 0 Å². The van der Waals surface area contributed by atoms with Crippen molar-refractivity contribution in [2.45, 2.75) is 69.0 Å². The number of anilines is 1. The molecule has 40 heavy (non-hydrogen) atoms. The molecule has 2 aromatic carbocycles. The van der Waals surface area contributed by atoms with E-state index in [1.54, 1.807) is 44.7 Å². The Kier molecular flexibility index (Phi) is 7.81. The lowest BCUT2D eigenvalue weighted by molar-refractivity contribution is -0.137. The molecule has 0 saturated carbocycles. The molecular formula is C28H30B2F4N2O4. The van der Waals surface area contributed by atoms with Crippen LogP contribution in [0.3, 0.4) is 0 Å². The van der Waals surface area contributed by atoms with Crippen molar-refractivity contribution in [2.24, 2.45) is 0 Å². The topological polar surface area (TPSA) is 67.9 Å². The number of nitrogens with zero attached hydrogens (tertiary/aromatic N) is 1. The largest absolute Gasteiger partial charge is 0.444 e. The third-order valence-electron chi connectivity index (χ3n) is 7.43. The fraction of sp³-hybridized carbons (Fsp3) is 0.500. The van der Waals surface area contributed by atoms with Crippen LogP contribution in [0.1, 0.15) is 68.9 Å². The van der Waals surface area contributed by atoms with Crippen LogP contribution in [0.25, 0.3) is 0 Å². The minimum absolute atomic E-state index is 0.0529. The molecular weight excluding hydrogens is 526 g/mol. The zero-order valence-electron chi connectivity index (χ0n) is 22.8. The second-order valence-corrected chi connectivity index (χ2v) is 11.5. The van der Waals surface area contributed by atoms with Gasteiger partial charge in [-0.25, -0.2) is 9.18 Å². The molecule has 2 amide bonds. The van der Waals surface area contributed by atoms with E-state index >= 15 is 0 Å². The van der Waals surface area contributed by atoms with Crippen LogP contribution in [0.4, 0.5) is 28.0 Å². The van der Waals surface area contributed by atoms with Gasteiger partial charge in [0.05, 0.1) is 34.0 Å². The van der Waals surface area contributed by atoms with Gasteiger partial charge in [0, 0.05) is 35.0 Å². The Morgan fingerprint density at radius 3 is 2.25 bits per heavy atom. The van der Waals surface area contributed by atoms with Crippen molar-refractivity contribution in [1.82, 2.24) is 4.90 Å². The first-order valence-corrected chi connectivity index (χ1v) is 12.9. The molecule has 1 saturated heterocycles. The number of ether oxygens (including phenoxy) is 2. The first kappa shape index (κ1) is 30.0. The number of benzene rings is 2. The number of fused-ring (bicyclic) bond motifs is 1. The molecule has 2 aromatic rings. The Morgan fingerprint density at radius 2 is 1.70 bits per heavy atom. The third kappa shape index (κ3) is 6.01. The highest BCUT2D eigenvalue weighted by Gasteiger charge is 2.43. The number of nitrogens with one attached hydrogen (secondary N) is 1. The number of amides is 2. The normalized spacial score (nSPS) is 19.1. The summed E-state index contributed by atoms with van der Waals surface area (Å²) in [5.41, 5.74) is -1.56. The van der Waals surface area contributed by atoms with Crippen LogP contribution in [0.5, 0.6) is 0 Å². The molecule has 1 unspecified atom stereocenters. The maximum atomic E-state index is 13.7. The van der Waals surface area contributed by atoms with Gasteiger partial charge in [-0.15, -0.1) is 0 Å². The second kappa shape index (κ2) is 10.4. The van der Waals surface area contributed by atoms with Crippen LogP contribution in [0, 0.1) is 5.82 Å². The van der Waals surface area contributed by atoms with Gasteiger partial charge in [-0.2, -0.15) is 13.2 Å². The van der Waals surface area contributed by atoms with E-state index in [4.69, 9.17) is 25.2 Å². The number of rotatable bonds is 5. The van der Waals surface area contributed by atoms with Crippen molar-refractivity contribution in [2.75, 3.05) is 25.0 Å². The molecule has 4 rings (SSSR count). The third-order valence-corrected chi connectivity index (χ3v) is 7.43. The minimum Gasteiger partial charge on any atom is -0.444 e. The number of carbonyl (C=O) groups excluding carboxylic acids is 2. The molecule has 12 heteroatoms. The molecule has 2 aliphatic rings. The Hall–Kier alpha value is -3.01. The van der Waals surface area contributed by atoms with Crippen molar-refractivity contribution in [3.8, 4) is 0 Å². The average molecular weight is 556 g/mol. The Labute approximate surface area is 233 Å². The van der Waals surface area contributed by atoms with E-state index < -0.39 is 51.9 Å². The summed E-state index contributed by atoms with van der Waals surface area (Å²) in [5, 5.41) is 0.372. The molecule has 4 radical (unpaired) electrons. The zero-order chi connectivity index (χ0) is 29.7. The molecule has 0 aliphatic carbocycles. The zero-order valence-corrected chi connectivity index (χ0v) is 22.8. The van der Waals surface area contributed by atoms with E-state index in [0.717, 1.165) is 17.7 Å². The van der Waals surface area contributed by atoms with Crippen molar-refractivity contribution >= 4 is 33.4 Å². The van der Waals surface area contributed by atoms with E-state index in [1.807, 2.05) is 0 Å². The first-order valence-electron chi connectivity index (χ1n) is 12.9. The van der Waals surface area contributed by atoms with Crippen molar-refractivity contribution in [3.63, 3.8) is 0 Å². The van der Waals surface area contributed by atoms with Gasteiger partial charge in [-0.1, -0.05) is 12.1 Å². The SMILES string of the molecule is [B]C1([B])C(=O)Nc2c(C(C)OCC3(c4ccc(F)cc4)CCN(C(=O)OC(C)(C)C)CC3)cc(C(F)(F)F)cc21. The van der Waals surface area contributed by atoms with Gasteiger partial charge in [-0.3, -0.25) is 4.79 Å². The average Bonchev–Trinajstić information content (AvgIpc) is 3.09. The maximum Gasteiger partial charge on any atom is 0.416 e. The van der Waals surface area contributed by atoms with Crippen molar-refractivity contribution < 1.29 is 36.6 Å². The molecule has 1 N–H and O–H groups in total. The fourth-order valence-electron chi connectivity index (χ4n) is 5.09. The molecule has 0 aromatic heterocycles. The smallest absolute Gasteiger partial charge is 0.416 e. The molecule has 2 aliphatic heterocycles. The lowest BCUT2D eigenvalue weighted by Crippen LogP contribution is -2.48. The standard InChI is InChI=1S/C28H30B2F4N2O4/c1-16(20-13-18(28(32,33)34)14-21-22(20)35-23(37)27(21,29)30)39-15-26(17-5-7-19(31)8-6-17)9-11-36(12-10-26)24(38)40-25(2,3)4/h5-8,13-14,16H,9-12,15H2,1-4H3,(H,35,37). The summed E-state index contributed by atoms with van der Waals surface area (Å²) in [5.74, 6) is -1.24. The van der Waals surface area contributed by atoms with Gasteiger partial charge in [0.25, 0.3) is 0 Å². The van der Waals surface area contributed by atoms with E-state index in [9.17, 15) is 27.2 Å². The number of hydrogen-bond acceptors (Lipinski definition) is 4. The molecule has 6 nitrogen and oxygen atoms in total. The molecule has 0 spiro atoms. The summed E-state index contributed by atoms with van der Waals surface area (Å²) in [4.78, 5) is 26.6. The second-order valence-electron chi connectivity index (χ2n) is 11.5. The van der Waals surface area contributed by atoms with E-state index in [2.05, 4.69) is 5.32 Å². The first-order chi connectivity index (χ1) is 18.4. The number of piperidine rings is 1. The Morgan fingerprint density at radius 1 is 1.10 bits per heavy atom. The van der Waals surface area contributed by atoms with E-state index in [-0.39, 0.29) is 23.4 Å². The van der Waals surface area contributed by atoms with Crippen molar-refractivity contribution in [1.29, 1.82) is 0 Å². The highest BCUT2D eigenvalue weighted by Crippen LogP contribution is 2.45. The van der Waals surface area contributed by atoms with E-state index in [0.29, 0.717) is 25.9 Å². The predicted octanol–water partition coefficient (Wildman–Crippen LogP) is 5.33. The predicted molar refractivity (Wildman–Crippen MR) is 143 cm³/mol. The van der Waals surface area contributed by atoms with Gasteiger partial charge < -0.3 is 19.7 Å². The summed E-state index contributed by atoms with van der Waals surface area (Å²) in [6, 6.07) is 7.64. The number of hydrogen-bond donors (Lipinski definition) is 1. The summed E-state index contributed by atoms with van der Waals surface area (Å²) in [6.07, 6.45) is -5.19. The van der Waals surface area contributed by atoms with E-state index in [1.165, 1.54) is 12.1 Å². The molecule has 2 heterocycles. The van der Waals surface area contributed by atoms with Crippen LogP contribution in [0.15, 0.2) is 36.4 Å². The van der Waals surface area contributed by atoms with Crippen LogP contribution in [-0.2, 0) is 31.1 Å². The van der Waals surface area contributed by atoms with Gasteiger partial charge in [0.1, 0.15) is 11.4 Å². The maximum absolute atomic E-state index is 13.7. The van der Waals surface area contributed by atoms with Crippen LogP contribution < -0.4 is 5.32 Å². The highest BCUT2D eigenvalue weighted by atomic mass is 19.4. The molecule has 0 bridgehead atoms. The van der Waals surface area contributed by atoms with Gasteiger partial charge >= 0.3 is 12.3 Å². The Bertz CT molecular complexity index is 1280. The van der Waals surface area contributed by atoms with Crippen LogP contribution in [0.2, 0.25) is 0 Å². The summed E-state index contributed by atoms with van der Waals surface area (Å²) < 4.78 is 66.7. The van der Waals surface area contributed by atoms with Gasteiger partial charge in [-0.05, 0) is 75.9 Å². The highest BCUT2D eigenvalue weighted by molar-refractivity contribution is 6.54. The monoisotopic (exact) mass is 556 g/mol. The lowest BCUT2D eigenvalue weighted by Gasteiger charge is -2.42. The number of alkyl halides is 3. The van der Waals surface area contributed by atoms with Crippen LogP contribution >= 0.6 is 0 Å². The summed E-state index contributed by atoms with van der Waals surface area (Å²) in [7, 11) is 11.7. The molecule has 1 atom stereocenters. The quantitative estimate of drug-likeness (QED) is 0.400. The van der Waals surface area contributed by atoms with Crippen LogP contribution in [-0.4, -0.2) is 57.9 Å².